The van der Waals surface area contributed by atoms with Crippen LogP contribution in [0.1, 0.15) is 5.56 Å². The molecule has 0 spiro atoms. The first-order chi connectivity index (χ1) is 10.2. The minimum atomic E-state index is -1.75. The molecule has 2 aromatic rings. The van der Waals surface area contributed by atoms with Crippen molar-refractivity contribution < 1.29 is 31.1 Å². The van der Waals surface area contributed by atoms with Crippen LogP contribution in [0, 0.1) is 41.8 Å². The lowest BCUT2D eigenvalue weighted by Gasteiger charge is -2.16. The van der Waals surface area contributed by atoms with E-state index in [9.17, 15) is 26.3 Å². The molecule has 0 aliphatic rings. The van der Waals surface area contributed by atoms with Crippen molar-refractivity contribution in [1.29, 1.82) is 0 Å². The van der Waals surface area contributed by atoms with Gasteiger partial charge in [-0.25, -0.2) is 26.3 Å². The second kappa shape index (κ2) is 5.59. The Bertz CT molecular complexity index is 746. The summed E-state index contributed by atoms with van der Waals surface area (Å²) in [6, 6.07) is 0.453. The average molecular weight is 318 g/mol. The number of hydrogen-bond acceptors (Lipinski definition) is 1. The summed E-state index contributed by atoms with van der Waals surface area (Å²) in [7, 11) is 2.07. The van der Waals surface area contributed by atoms with Gasteiger partial charge in [-0.1, -0.05) is 0 Å². The van der Waals surface area contributed by atoms with Crippen molar-refractivity contribution >= 4 is 13.3 Å². The first-order valence-electron chi connectivity index (χ1n) is 6.07. The molecule has 22 heavy (non-hydrogen) atoms. The molecule has 2 aromatic carbocycles. The van der Waals surface area contributed by atoms with Gasteiger partial charge < -0.3 is 4.74 Å². The third-order valence-corrected chi connectivity index (χ3v) is 3.37. The molecule has 2 rings (SSSR count). The lowest BCUT2D eigenvalue weighted by atomic mass is 9.84. The maximum absolute atomic E-state index is 14.1. The fraction of sp³-hybridized carbons (Fsp3) is 0.143. The third-order valence-electron chi connectivity index (χ3n) is 3.37. The summed E-state index contributed by atoms with van der Waals surface area (Å²) in [5, 5.41) is 0. The van der Waals surface area contributed by atoms with E-state index >= 15 is 0 Å². The molecule has 0 aromatic heterocycles. The quantitative estimate of drug-likeness (QED) is 0.470. The summed E-state index contributed by atoms with van der Waals surface area (Å²) in [5.41, 5.74) is -3.20. The van der Waals surface area contributed by atoms with Crippen molar-refractivity contribution in [1.82, 2.24) is 0 Å². The summed E-state index contributed by atoms with van der Waals surface area (Å²) in [4.78, 5) is 0. The largest absolute Gasteiger partial charge is 0.493 e. The average Bonchev–Trinajstić information content (AvgIpc) is 2.48. The van der Waals surface area contributed by atoms with Crippen LogP contribution in [0.15, 0.2) is 6.07 Å². The zero-order chi connectivity index (χ0) is 16.8. The molecule has 8 heteroatoms. The van der Waals surface area contributed by atoms with Gasteiger partial charge in [-0.3, -0.25) is 0 Å². The van der Waals surface area contributed by atoms with Crippen molar-refractivity contribution in [3.63, 3.8) is 0 Å². The first-order valence-corrected chi connectivity index (χ1v) is 6.07. The van der Waals surface area contributed by atoms with Crippen LogP contribution >= 0.6 is 0 Å². The molecule has 1 nitrogen and oxygen atoms in total. The lowest BCUT2D eigenvalue weighted by molar-refractivity contribution is 0.385. The van der Waals surface area contributed by atoms with Gasteiger partial charge in [0.05, 0.1) is 12.7 Å². The topological polar surface area (TPSA) is 9.23 Å². The molecule has 0 amide bonds. The minimum Gasteiger partial charge on any atom is -0.493 e. The molecule has 0 radical (unpaired) electrons. The highest BCUT2D eigenvalue weighted by molar-refractivity contribution is 6.36. The molecular formula is C14H9BF6O. The van der Waals surface area contributed by atoms with E-state index in [1.165, 1.54) is 0 Å². The number of rotatable bonds is 2. The van der Waals surface area contributed by atoms with E-state index in [4.69, 9.17) is 0 Å². The summed E-state index contributed by atoms with van der Waals surface area (Å²) < 4.78 is 87.5. The van der Waals surface area contributed by atoms with Crippen molar-refractivity contribution in [2.45, 2.75) is 6.92 Å². The van der Waals surface area contributed by atoms with Crippen LogP contribution in [-0.2, 0) is 0 Å². The predicted octanol–water partition coefficient (Wildman–Crippen LogP) is 2.76. The van der Waals surface area contributed by atoms with E-state index in [1.807, 2.05) is 0 Å². The second-order valence-electron chi connectivity index (χ2n) is 4.63. The fourth-order valence-corrected chi connectivity index (χ4v) is 2.16. The second-order valence-corrected chi connectivity index (χ2v) is 4.63. The van der Waals surface area contributed by atoms with E-state index in [-0.39, 0.29) is 0 Å². The molecule has 0 saturated carbocycles. The van der Waals surface area contributed by atoms with E-state index < -0.39 is 62.8 Å². The first kappa shape index (κ1) is 16.3. The molecule has 0 saturated heterocycles. The van der Waals surface area contributed by atoms with Gasteiger partial charge in [0.15, 0.2) is 34.8 Å². The van der Waals surface area contributed by atoms with Gasteiger partial charge in [-0.15, -0.1) is 0 Å². The van der Waals surface area contributed by atoms with Crippen LogP contribution in [0.25, 0.3) is 11.1 Å². The number of ether oxygens (including phenoxy) is 1. The van der Waals surface area contributed by atoms with Gasteiger partial charge in [-0.05, 0) is 12.4 Å². The monoisotopic (exact) mass is 318 g/mol. The Morgan fingerprint density at radius 1 is 0.818 bits per heavy atom. The molecular weight excluding hydrogens is 309 g/mol. The molecule has 0 heterocycles. The molecule has 0 atom stereocenters. The predicted molar refractivity (Wildman–Crippen MR) is 71.1 cm³/mol. The zero-order valence-electron chi connectivity index (χ0n) is 11.8. The van der Waals surface area contributed by atoms with Crippen LogP contribution in [0.3, 0.4) is 0 Å². The van der Waals surface area contributed by atoms with Gasteiger partial charge >= 0.3 is 0 Å². The highest BCUT2D eigenvalue weighted by Crippen LogP contribution is 2.37. The maximum Gasteiger partial charge on any atom is 0.170 e. The Morgan fingerprint density at radius 2 is 1.32 bits per heavy atom. The van der Waals surface area contributed by atoms with Crippen LogP contribution in [0.2, 0.25) is 0 Å². The van der Waals surface area contributed by atoms with Crippen molar-refractivity contribution in [3.05, 3.63) is 46.5 Å². The Kier molecular flexibility index (Phi) is 4.13. The Hall–Kier alpha value is -2.12. The highest BCUT2D eigenvalue weighted by Gasteiger charge is 2.29. The van der Waals surface area contributed by atoms with E-state index in [0.717, 1.165) is 21.9 Å². The van der Waals surface area contributed by atoms with Gasteiger partial charge in [0.2, 0.25) is 0 Å². The van der Waals surface area contributed by atoms with Gasteiger partial charge in [0.1, 0.15) is 13.7 Å². The summed E-state index contributed by atoms with van der Waals surface area (Å²) >= 11 is 0. The summed E-state index contributed by atoms with van der Waals surface area (Å²) in [6.45, 7) is 0.844. The summed E-state index contributed by atoms with van der Waals surface area (Å²) in [6.07, 6.45) is 0. The number of benzene rings is 2. The van der Waals surface area contributed by atoms with E-state index in [0.29, 0.717) is 6.07 Å². The molecule has 116 valence electrons. The molecule has 0 bridgehead atoms. The highest BCUT2D eigenvalue weighted by atomic mass is 19.2. The van der Waals surface area contributed by atoms with Crippen molar-refractivity contribution in [3.8, 4) is 16.9 Å². The molecule has 0 unspecified atom stereocenters. The molecule has 0 fully saturated rings. The SMILES string of the molecule is Bc1c(F)cc(F)c(OC)c1-c1c(F)c(F)c(C)c(F)c1F. The Morgan fingerprint density at radius 3 is 1.77 bits per heavy atom. The van der Waals surface area contributed by atoms with Gasteiger partial charge in [0, 0.05) is 17.2 Å². The third kappa shape index (κ3) is 2.22. The Labute approximate surface area is 122 Å². The number of halogens is 6. The zero-order valence-corrected chi connectivity index (χ0v) is 11.8. The Balaban J connectivity index is 3.01. The van der Waals surface area contributed by atoms with Crippen molar-refractivity contribution in [2.75, 3.05) is 7.11 Å². The molecule has 0 aliphatic carbocycles. The lowest BCUT2D eigenvalue weighted by Crippen LogP contribution is -2.17. The van der Waals surface area contributed by atoms with Crippen LogP contribution in [-0.4, -0.2) is 15.0 Å². The van der Waals surface area contributed by atoms with Crippen molar-refractivity contribution in [2.24, 2.45) is 0 Å². The number of hydrogen-bond donors (Lipinski definition) is 0. The normalized spacial score (nSPS) is 10.9. The maximum atomic E-state index is 14.1. The molecule has 0 N–H and O–H groups in total. The van der Waals surface area contributed by atoms with Crippen LogP contribution in [0.4, 0.5) is 26.3 Å². The van der Waals surface area contributed by atoms with E-state index in [2.05, 4.69) is 4.74 Å². The van der Waals surface area contributed by atoms with Crippen LogP contribution in [0.5, 0.6) is 5.75 Å². The molecule has 0 aliphatic heterocycles. The fourth-order valence-electron chi connectivity index (χ4n) is 2.16. The number of methoxy groups -OCH3 is 1. The standard InChI is InChI=1S/C14H9BF6O/c1-4-10(18)12(20)8(13(21)11(4)19)7-9(15)5(16)3-6(17)14(7)22-2/h3H,15H2,1-2H3. The minimum absolute atomic E-state index is 0.404. The van der Waals surface area contributed by atoms with E-state index in [1.54, 1.807) is 0 Å². The van der Waals surface area contributed by atoms with Gasteiger partial charge in [0.25, 0.3) is 0 Å². The van der Waals surface area contributed by atoms with Gasteiger partial charge in [-0.2, -0.15) is 0 Å². The van der Waals surface area contributed by atoms with Crippen LogP contribution < -0.4 is 10.2 Å². The summed E-state index contributed by atoms with van der Waals surface area (Å²) in [5.74, 6) is -9.86. The smallest absolute Gasteiger partial charge is 0.170 e.